The van der Waals surface area contributed by atoms with Crippen LogP contribution in [-0.2, 0) is 0 Å². The minimum absolute atomic E-state index is 0. The molecule has 6 N–H and O–H groups in total. The van der Waals surface area contributed by atoms with Crippen molar-refractivity contribution in [3.8, 4) is 5.95 Å². The smallest absolute Gasteiger partial charge is 0.302 e. The topological polar surface area (TPSA) is 160 Å². The van der Waals surface area contributed by atoms with Gasteiger partial charge in [0.15, 0.2) is 0 Å². The maximum Gasteiger partial charge on any atom is 0.302 e. The summed E-state index contributed by atoms with van der Waals surface area (Å²) in [6.07, 6.45) is 1.29. The van der Waals surface area contributed by atoms with Gasteiger partial charge in [0.05, 0.1) is 6.26 Å². The standard InChI is InChI=1S/C4H3NO4.3H2O/c6-5(7)9-4-2-1-3-8-4;;;/h1-3H;3*1H2. The van der Waals surface area contributed by atoms with Crippen LogP contribution in [0.1, 0.15) is 0 Å². The van der Waals surface area contributed by atoms with Gasteiger partial charge in [0, 0.05) is 6.07 Å². The lowest BCUT2D eigenvalue weighted by Crippen LogP contribution is -2.01. The average molecular weight is 183 g/mol. The maximum atomic E-state index is 9.59. The minimum Gasteiger partial charge on any atom is -0.444 e. The lowest BCUT2D eigenvalue weighted by molar-refractivity contribution is -0.714. The summed E-state index contributed by atoms with van der Waals surface area (Å²) >= 11 is 0. The van der Waals surface area contributed by atoms with Crippen molar-refractivity contribution in [2.75, 3.05) is 0 Å². The largest absolute Gasteiger partial charge is 0.444 e. The van der Waals surface area contributed by atoms with Gasteiger partial charge in [-0.2, -0.15) is 0 Å². The Kier molecular flexibility index (Phi) is 10.4. The van der Waals surface area contributed by atoms with E-state index in [1.54, 1.807) is 0 Å². The number of furan rings is 1. The predicted molar refractivity (Wildman–Crippen MR) is 37.2 cm³/mol. The third kappa shape index (κ3) is 5.17. The molecule has 12 heavy (non-hydrogen) atoms. The van der Waals surface area contributed by atoms with Gasteiger partial charge in [-0.1, -0.05) is 0 Å². The lowest BCUT2D eigenvalue weighted by Gasteiger charge is -1.86. The molecule has 72 valence electrons. The Morgan fingerprint density at radius 2 is 2.00 bits per heavy atom. The van der Waals surface area contributed by atoms with E-state index in [0.717, 1.165) is 0 Å². The number of hydrogen-bond acceptors (Lipinski definition) is 4. The third-order valence-electron chi connectivity index (χ3n) is 0.660. The van der Waals surface area contributed by atoms with E-state index in [1.807, 2.05) is 0 Å². The van der Waals surface area contributed by atoms with Crippen LogP contribution in [0.15, 0.2) is 22.8 Å². The molecule has 0 saturated heterocycles. The summed E-state index contributed by atoms with van der Waals surface area (Å²) in [6.45, 7) is 0. The van der Waals surface area contributed by atoms with Crippen LogP contribution in [0.3, 0.4) is 0 Å². The van der Waals surface area contributed by atoms with Crippen molar-refractivity contribution >= 4 is 0 Å². The molecule has 0 aromatic carbocycles. The van der Waals surface area contributed by atoms with E-state index >= 15 is 0 Å². The molecule has 0 aliphatic rings. The summed E-state index contributed by atoms with van der Waals surface area (Å²) in [6, 6.07) is 2.85. The first-order valence-corrected chi connectivity index (χ1v) is 2.15. The quantitative estimate of drug-likeness (QED) is 0.397. The highest BCUT2D eigenvalue weighted by Gasteiger charge is 1.98. The molecule has 8 nitrogen and oxygen atoms in total. The van der Waals surface area contributed by atoms with Gasteiger partial charge < -0.3 is 20.8 Å². The zero-order valence-electron chi connectivity index (χ0n) is 5.81. The van der Waals surface area contributed by atoms with Gasteiger partial charge >= 0.3 is 5.09 Å². The van der Waals surface area contributed by atoms with E-state index in [-0.39, 0.29) is 22.4 Å². The summed E-state index contributed by atoms with van der Waals surface area (Å²) in [7, 11) is 0. The number of rotatable bonds is 2. The Morgan fingerprint density at radius 3 is 2.33 bits per heavy atom. The van der Waals surface area contributed by atoms with Gasteiger partial charge in [-0.3, -0.25) is 0 Å². The first-order chi connectivity index (χ1) is 4.29. The molecule has 0 radical (unpaired) electrons. The molecule has 1 rings (SSSR count). The van der Waals surface area contributed by atoms with Crippen LogP contribution in [0.25, 0.3) is 0 Å². The Hall–Kier alpha value is -1.64. The third-order valence-corrected chi connectivity index (χ3v) is 0.660. The Balaban J connectivity index is -0.000000270. The van der Waals surface area contributed by atoms with E-state index in [4.69, 9.17) is 0 Å². The van der Waals surface area contributed by atoms with E-state index in [9.17, 15) is 10.1 Å². The van der Waals surface area contributed by atoms with Crippen LogP contribution >= 0.6 is 0 Å². The molecular weight excluding hydrogens is 174 g/mol. The zero-order chi connectivity index (χ0) is 6.69. The Morgan fingerprint density at radius 1 is 1.42 bits per heavy atom. The second-order valence-corrected chi connectivity index (χ2v) is 1.25. The van der Waals surface area contributed by atoms with E-state index in [1.165, 1.54) is 18.4 Å². The molecule has 0 unspecified atom stereocenters. The number of hydrogen-bond donors (Lipinski definition) is 0. The first-order valence-electron chi connectivity index (χ1n) is 2.15. The van der Waals surface area contributed by atoms with Crippen LogP contribution in [0, 0.1) is 10.1 Å². The van der Waals surface area contributed by atoms with Crippen molar-refractivity contribution in [1.82, 2.24) is 0 Å². The van der Waals surface area contributed by atoms with Crippen molar-refractivity contribution in [2.45, 2.75) is 0 Å². The van der Waals surface area contributed by atoms with E-state index < -0.39 is 5.09 Å². The van der Waals surface area contributed by atoms with Crippen molar-refractivity contribution in [1.29, 1.82) is 0 Å². The fraction of sp³-hybridized carbons (Fsp3) is 0. The molecule has 0 spiro atoms. The summed E-state index contributed by atoms with van der Waals surface area (Å²) in [5.41, 5.74) is 0. The minimum atomic E-state index is -0.932. The Labute approximate surface area is 66.4 Å². The summed E-state index contributed by atoms with van der Waals surface area (Å²) in [5, 5.41) is 8.66. The normalized spacial score (nSPS) is 6.67. The summed E-state index contributed by atoms with van der Waals surface area (Å²) < 4.78 is 4.48. The summed E-state index contributed by atoms with van der Waals surface area (Å²) in [5.74, 6) is -0.111. The Bertz CT molecular complexity index is 195. The van der Waals surface area contributed by atoms with E-state index in [0.29, 0.717) is 0 Å². The molecule has 0 saturated carbocycles. The predicted octanol–water partition coefficient (Wildman–Crippen LogP) is -1.62. The fourth-order valence-corrected chi connectivity index (χ4v) is 0.389. The molecular formula is C4H9NO7. The molecule has 0 atom stereocenters. The SMILES string of the molecule is O.O.O.O=[N+]([O-])Oc1ccco1. The molecule has 1 aromatic rings. The van der Waals surface area contributed by atoms with Gasteiger partial charge in [-0.15, -0.1) is 10.1 Å². The van der Waals surface area contributed by atoms with Crippen LogP contribution in [0.2, 0.25) is 0 Å². The first kappa shape index (κ1) is 16.8. The van der Waals surface area contributed by atoms with E-state index in [2.05, 4.69) is 9.25 Å². The zero-order valence-corrected chi connectivity index (χ0v) is 5.81. The molecule has 0 bridgehead atoms. The number of nitrogens with zero attached hydrogens (tertiary/aromatic N) is 1. The maximum absolute atomic E-state index is 9.59. The highest BCUT2D eigenvalue weighted by atomic mass is 17.0. The molecule has 0 amide bonds. The monoisotopic (exact) mass is 183 g/mol. The second-order valence-electron chi connectivity index (χ2n) is 1.25. The van der Waals surface area contributed by atoms with Crippen molar-refractivity contribution in [3.05, 3.63) is 28.5 Å². The van der Waals surface area contributed by atoms with Gasteiger partial charge in [0.2, 0.25) is 0 Å². The highest BCUT2D eigenvalue weighted by Crippen LogP contribution is 2.08. The van der Waals surface area contributed by atoms with Crippen LogP contribution in [0.4, 0.5) is 0 Å². The highest BCUT2D eigenvalue weighted by molar-refractivity contribution is 5.02. The molecule has 0 aliphatic carbocycles. The molecule has 0 aliphatic heterocycles. The van der Waals surface area contributed by atoms with Gasteiger partial charge in [-0.05, 0) is 6.07 Å². The van der Waals surface area contributed by atoms with Crippen molar-refractivity contribution in [2.24, 2.45) is 0 Å². The fourth-order valence-electron chi connectivity index (χ4n) is 0.389. The van der Waals surface area contributed by atoms with Crippen LogP contribution < -0.4 is 4.84 Å². The van der Waals surface area contributed by atoms with Crippen LogP contribution in [-0.4, -0.2) is 21.5 Å². The average Bonchev–Trinajstić information content (AvgIpc) is 2.15. The van der Waals surface area contributed by atoms with Gasteiger partial charge in [0.1, 0.15) is 0 Å². The molecule has 0 fully saturated rings. The molecule has 1 heterocycles. The van der Waals surface area contributed by atoms with Gasteiger partial charge in [-0.25, -0.2) is 4.84 Å². The van der Waals surface area contributed by atoms with Crippen molar-refractivity contribution in [3.63, 3.8) is 0 Å². The second kappa shape index (κ2) is 7.47. The van der Waals surface area contributed by atoms with Crippen LogP contribution in [0.5, 0.6) is 5.95 Å². The lowest BCUT2D eigenvalue weighted by atomic mass is 10.7. The molecule has 8 heteroatoms. The van der Waals surface area contributed by atoms with Gasteiger partial charge in [0.25, 0.3) is 5.95 Å². The van der Waals surface area contributed by atoms with Crippen molar-refractivity contribution < 1.29 is 30.8 Å². The summed E-state index contributed by atoms with van der Waals surface area (Å²) in [4.78, 5) is 13.5. The molecule has 1 aromatic heterocycles.